The molecule has 2 aliphatic carbocycles. The first-order chi connectivity index (χ1) is 11.9. The summed E-state index contributed by atoms with van der Waals surface area (Å²) in [4.78, 5) is 7.91. The van der Waals surface area contributed by atoms with E-state index in [2.05, 4.69) is 25.7 Å². The monoisotopic (exact) mass is 352 g/mol. The molecular formula is C16H19F3N6. The first-order valence-electron chi connectivity index (χ1n) is 8.35. The third kappa shape index (κ3) is 3.27. The van der Waals surface area contributed by atoms with Gasteiger partial charge in [0.15, 0.2) is 0 Å². The van der Waals surface area contributed by atoms with Crippen LogP contribution in [0.5, 0.6) is 0 Å². The van der Waals surface area contributed by atoms with Crippen molar-refractivity contribution in [2.45, 2.75) is 37.9 Å². The molecule has 0 amide bonds. The summed E-state index contributed by atoms with van der Waals surface area (Å²) in [7, 11) is 1.75. The van der Waals surface area contributed by atoms with E-state index in [0.29, 0.717) is 17.5 Å². The standard InChI is InChI=1S/C16H19F3N6/c1-25-8-11(6-21-25)22-15-20-7-12(16(17,18)19)14(24-15)23-13-5-9-2-3-10(13)4-9/h6-10,13H,2-5H2,1H3,(H2,20,22,23,24)/t9-,10+,13+/m0/s1. The van der Waals surface area contributed by atoms with E-state index >= 15 is 0 Å². The number of hydrogen-bond donors (Lipinski definition) is 2. The molecule has 6 nitrogen and oxygen atoms in total. The van der Waals surface area contributed by atoms with Crippen LogP contribution in [0.3, 0.4) is 0 Å². The molecule has 0 saturated heterocycles. The molecule has 2 heterocycles. The van der Waals surface area contributed by atoms with Gasteiger partial charge in [-0.15, -0.1) is 0 Å². The molecule has 0 spiro atoms. The summed E-state index contributed by atoms with van der Waals surface area (Å²) in [6, 6.07) is 0.0565. The highest BCUT2D eigenvalue weighted by Gasteiger charge is 2.41. The van der Waals surface area contributed by atoms with Crippen LogP contribution in [0.2, 0.25) is 0 Å². The molecule has 2 N–H and O–H groups in total. The van der Waals surface area contributed by atoms with Crippen molar-refractivity contribution < 1.29 is 13.2 Å². The predicted octanol–water partition coefficient (Wildman–Crippen LogP) is 3.57. The number of halogens is 3. The van der Waals surface area contributed by atoms with Gasteiger partial charge in [0.05, 0.1) is 11.9 Å². The quantitative estimate of drug-likeness (QED) is 0.880. The Kier molecular flexibility index (Phi) is 3.81. The van der Waals surface area contributed by atoms with Crippen LogP contribution in [0.15, 0.2) is 18.6 Å². The lowest BCUT2D eigenvalue weighted by Crippen LogP contribution is -2.28. The van der Waals surface area contributed by atoms with Crippen LogP contribution in [-0.2, 0) is 13.2 Å². The third-order valence-corrected chi connectivity index (χ3v) is 5.12. The Labute approximate surface area is 142 Å². The van der Waals surface area contributed by atoms with Crippen molar-refractivity contribution in [2.24, 2.45) is 18.9 Å². The van der Waals surface area contributed by atoms with E-state index < -0.39 is 11.7 Å². The molecule has 25 heavy (non-hydrogen) atoms. The van der Waals surface area contributed by atoms with E-state index in [4.69, 9.17) is 0 Å². The third-order valence-electron chi connectivity index (χ3n) is 5.12. The molecule has 134 valence electrons. The summed E-state index contributed by atoms with van der Waals surface area (Å²) in [6.07, 6.45) is 3.88. The molecule has 0 unspecified atom stereocenters. The van der Waals surface area contributed by atoms with E-state index in [1.54, 1.807) is 24.1 Å². The molecule has 2 aliphatic rings. The largest absolute Gasteiger partial charge is 0.421 e. The van der Waals surface area contributed by atoms with E-state index in [9.17, 15) is 13.2 Å². The van der Waals surface area contributed by atoms with Gasteiger partial charge in [-0.05, 0) is 31.1 Å². The van der Waals surface area contributed by atoms with Gasteiger partial charge in [0.1, 0.15) is 11.4 Å². The van der Waals surface area contributed by atoms with Crippen molar-refractivity contribution in [1.82, 2.24) is 19.7 Å². The van der Waals surface area contributed by atoms with Gasteiger partial charge in [0, 0.05) is 25.5 Å². The van der Waals surface area contributed by atoms with Crippen LogP contribution in [0.4, 0.5) is 30.6 Å². The van der Waals surface area contributed by atoms with Crippen molar-refractivity contribution in [1.29, 1.82) is 0 Å². The molecule has 0 aliphatic heterocycles. The minimum Gasteiger partial charge on any atom is -0.366 e. The number of hydrogen-bond acceptors (Lipinski definition) is 5. The molecule has 3 atom stereocenters. The average Bonchev–Trinajstić information content (AvgIpc) is 3.24. The molecule has 2 aromatic heterocycles. The van der Waals surface area contributed by atoms with Crippen molar-refractivity contribution in [2.75, 3.05) is 10.6 Å². The zero-order chi connectivity index (χ0) is 17.6. The number of nitrogens with one attached hydrogen (secondary N) is 2. The van der Waals surface area contributed by atoms with Crippen molar-refractivity contribution in [3.63, 3.8) is 0 Å². The normalized spacial score (nSPS) is 25.4. The second kappa shape index (κ2) is 5.89. The lowest BCUT2D eigenvalue weighted by Gasteiger charge is -2.25. The summed E-state index contributed by atoms with van der Waals surface area (Å²) in [5, 5.41) is 9.94. The summed E-state index contributed by atoms with van der Waals surface area (Å²) < 4.78 is 41.5. The van der Waals surface area contributed by atoms with Crippen LogP contribution < -0.4 is 10.6 Å². The molecule has 0 aromatic carbocycles. The number of aromatic nitrogens is 4. The number of rotatable bonds is 4. The average molecular weight is 352 g/mol. The number of fused-ring (bicyclic) bond motifs is 2. The molecular weight excluding hydrogens is 333 g/mol. The Morgan fingerprint density at radius 1 is 1.20 bits per heavy atom. The van der Waals surface area contributed by atoms with Crippen LogP contribution in [-0.4, -0.2) is 25.8 Å². The van der Waals surface area contributed by atoms with E-state index in [-0.39, 0.29) is 17.8 Å². The second-order valence-electron chi connectivity index (χ2n) is 6.91. The predicted molar refractivity (Wildman–Crippen MR) is 86.4 cm³/mol. The Hall–Kier alpha value is -2.32. The molecule has 2 saturated carbocycles. The van der Waals surface area contributed by atoms with Crippen molar-refractivity contribution in [3.8, 4) is 0 Å². The molecule has 9 heteroatoms. The Bertz CT molecular complexity index is 771. The van der Waals surface area contributed by atoms with Gasteiger partial charge in [0.25, 0.3) is 0 Å². The molecule has 2 aromatic rings. The number of aryl methyl sites for hydroxylation is 1. The molecule has 2 fully saturated rings. The highest BCUT2D eigenvalue weighted by atomic mass is 19.4. The van der Waals surface area contributed by atoms with E-state index in [1.165, 1.54) is 6.42 Å². The van der Waals surface area contributed by atoms with Crippen LogP contribution in [0.25, 0.3) is 0 Å². The van der Waals surface area contributed by atoms with Crippen LogP contribution in [0.1, 0.15) is 31.2 Å². The topological polar surface area (TPSA) is 67.7 Å². The summed E-state index contributed by atoms with van der Waals surface area (Å²) >= 11 is 0. The molecule has 4 rings (SSSR count). The SMILES string of the molecule is Cn1cc(Nc2ncc(C(F)(F)F)c(N[C@@H]3C[C@H]4CC[C@@H]3C4)n2)cn1. The van der Waals surface area contributed by atoms with Crippen LogP contribution in [0, 0.1) is 11.8 Å². The Morgan fingerprint density at radius 2 is 2.04 bits per heavy atom. The molecule has 2 bridgehead atoms. The second-order valence-corrected chi connectivity index (χ2v) is 6.91. The summed E-state index contributed by atoms with van der Waals surface area (Å²) in [6.45, 7) is 0. The van der Waals surface area contributed by atoms with E-state index in [1.807, 2.05) is 0 Å². The zero-order valence-corrected chi connectivity index (χ0v) is 13.7. The maximum absolute atomic E-state index is 13.3. The van der Waals surface area contributed by atoms with Gasteiger partial charge >= 0.3 is 6.18 Å². The van der Waals surface area contributed by atoms with Gasteiger partial charge in [0.2, 0.25) is 5.95 Å². The number of alkyl halides is 3. The van der Waals surface area contributed by atoms with Gasteiger partial charge < -0.3 is 10.6 Å². The van der Waals surface area contributed by atoms with E-state index in [0.717, 1.165) is 25.5 Å². The molecule has 0 radical (unpaired) electrons. The maximum Gasteiger partial charge on any atom is 0.421 e. The highest BCUT2D eigenvalue weighted by molar-refractivity contribution is 5.55. The lowest BCUT2D eigenvalue weighted by atomic mass is 9.95. The zero-order valence-electron chi connectivity index (χ0n) is 13.7. The van der Waals surface area contributed by atoms with Crippen molar-refractivity contribution >= 4 is 17.5 Å². The maximum atomic E-state index is 13.3. The fourth-order valence-electron chi connectivity index (χ4n) is 3.97. The first kappa shape index (κ1) is 16.2. The van der Waals surface area contributed by atoms with Gasteiger partial charge in [-0.1, -0.05) is 6.42 Å². The van der Waals surface area contributed by atoms with Gasteiger partial charge in [-0.2, -0.15) is 23.3 Å². The number of nitrogens with zero attached hydrogens (tertiary/aromatic N) is 4. The first-order valence-corrected chi connectivity index (χ1v) is 8.35. The smallest absolute Gasteiger partial charge is 0.366 e. The number of anilines is 3. The summed E-state index contributed by atoms with van der Waals surface area (Å²) in [5.41, 5.74) is -0.208. The minimum absolute atomic E-state index is 0.0565. The lowest BCUT2D eigenvalue weighted by molar-refractivity contribution is -0.137. The summed E-state index contributed by atoms with van der Waals surface area (Å²) in [5.74, 6) is 1.04. The fraction of sp³-hybridized carbons (Fsp3) is 0.562. The van der Waals surface area contributed by atoms with Gasteiger partial charge in [-0.3, -0.25) is 4.68 Å². The fourth-order valence-corrected chi connectivity index (χ4v) is 3.97. The Morgan fingerprint density at radius 3 is 2.64 bits per heavy atom. The highest BCUT2D eigenvalue weighted by Crippen LogP contribution is 2.46. The Balaban J connectivity index is 1.60. The minimum atomic E-state index is -4.49. The van der Waals surface area contributed by atoms with Gasteiger partial charge in [-0.25, -0.2) is 4.98 Å². The van der Waals surface area contributed by atoms with Crippen molar-refractivity contribution in [3.05, 3.63) is 24.2 Å². The van der Waals surface area contributed by atoms with Crippen LogP contribution >= 0.6 is 0 Å².